The summed E-state index contributed by atoms with van der Waals surface area (Å²) in [4.78, 5) is 39.7. The van der Waals surface area contributed by atoms with Gasteiger partial charge in [0.25, 0.3) is 17.0 Å². The van der Waals surface area contributed by atoms with Crippen LogP contribution in [0.5, 0.6) is 0 Å². The Hall–Kier alpha value is -3.41. The zero-order valence-electron chi connectivity index (χ0n) is 16.2. The molecule has 0 bridgehead atoms. The van der Waals surface area contributed by atoms with Gasteiger partial charge in [0, 0.05) is 35.6 Å². The van der Waals surface area contributed by atoms with Gasteiger partial charge >= 0.3 is 0 Å². The molecule has 3 rings (SSSR count). The summed E-state index contributed by atoms with van der Waals surface area (Å²) in [6.07, 6.45) is 1.62. The van der Waals surface area contributed by atoms with Crippen molar-refractivity contribution >= 4 is 5.91 Å². The Morgan fingerprint density at radius 3 is 2.46 bits per heavy atom. The summed E-state index contributed by atoms with van der Waals surface area (Å²) in [6.45, 7) is 5.67. The predicted octanol–water partition coefficient (Wildman–Crippen LogP) is 2.69. The Bertz CT molecular complexity index is 1110. The third-order valence-corrected chi connectivity index (χ3v) is 4.83. The van der Waals surface area contributed by atoms with Crippen molar-refractivity contribution in [3.05, 3.63) is 103 Å². The van der Waals surface area contributed by atoms with Gasteiger partial charge in [-0.25, -0.2) is 0 Å². The predicted molar refractivity (Wildman–Crippen MR) is 109 cm³/mol. The highest BCUT2D eigenvalue weighted by molar-refractivity contribution is 5.93. The smallest absolute Gasteiger partial charge is 0.253 e. The standard InChI is InChI=1S/C22H23N3O3/c1-14-11-15(2)24-22(28)19(14)13-23-21(27)18-9-10-25(20(26)12-18)16(3)17-7-5-4-6-8-17/h4-12,16H,13H2,1-3H3,(H,23,27)(H,24,28)/t16-/m1/s1. The Balaban J connectivity index is 1.76. The van der Waals surface area contributed by atoms with Crippen LogP contribution in [0.15, 0.2) is 64.3 Å². The minimum absolute atomic E-state index is 0.101. The summed E-state index contributed by atoms with van der Waals surface area (Å²) >= 11 is 0. The Labute approximate surface area is 162 Å². The maximum atomic E-state index is 12.5. The van der Waals surface area contributed by atoms with E-state index in [9.17, 15) is 14.4 Å². The number of carbonyl (C=O) groups excluding carboxylic acids is 1. The SMILES string of the molecule is Cc1cc(C)c(CNC(=O)c2ccn([C@H](C)c3ccccc3)c(=O)c2)c(=O)[nH]1. The molecule has 144 valence electrons. The van der Waals surface area contributed by atoms with E-state index in [2.05, 4.69) is 10.3 Å². The molecule has 6 heteroatoms. The maximum absolute atomic E-state index is 12.5. The highest BCUT2D eigenvalue weighted by Crippen LogP contribution is 2.15. The van der Waals surface area contributed by atoms with Gasteiger partial charge in [0.1, 0.15) is 0 Å². The van der Waals surface area contributed by atoms with Crippen LogP contribution in [-0.2, 0) is 6.54 Å². The van der Waals surface area contributed by atoms with E-state index in [0.29, 0.717) is 5.56 Å². The molecule has 2 N–H and O–H groups in total. The lowest BCUT2D eigenvalue weighted by Crippen LogP contribution is -2.30. The van der Waals surface area contributed by atoms with Crippen LogP contribution in [0.25, 0.3) is 0 Å². The van der Waals surface area contributed by atoms with Gasteiger partial charge in [-0.15, -0.1) is 0 Å². The van der Waals surface area contributed by atoms with E-state index in [4.69, 9.17) is 0 Å². The molecule has 2 aromatic heterocycles. The van der Waals surface area contributed by atoms with Crippen LogP contribution in [0.1, 0.15) is 45.7 Å². The lowest BCUT2D eigenvalue weighted by atomic mass is 10.1. The first-order valence-corrected chi connectivity index (χ1v) is 9.11. The van der Waals surface area contributed by atoms with Gasteiger partial charge < -0.3 is 14.9 Å². The van der Waals surface area contributed by atoms with Gasteiger partial charge in [-0.2, -0.15) is 0 Å². The molecule has 1 atom stereocenters. The Morgan fingerprint density at radius 1 is 1.11 bits per heavy atom. The van der Waals surface area contributed by atoms with E-state index < -0.39 is 5.91 Å². The number of aromatic amines is 1. The van der Waals surface area contributed by atoms with Crippen molar-refractivity contribution < 1.29 is 4.79 Å². The number of hydrogen-bond donors (Lipinski definition) is 2. The van der Waals surface area contributed by atoms with E-state index in [1.54, 1.807) is 16.8 Å². The van der Waals surface area contributed by atoms with Crippen LogP contribution < -0.4 is 16.4 Å². The molecule has 3 aromatic rings. The van der Waals surface area contributed by atoms with Gasteiger partial charge in [-0.3, -0.25) is 14.4 Å². The number of benzene rings is 1. The van der Waals surface area contributed by atoms with Crippen LogP contribution in [0, 0.1) is 13.8 Å². The van der Waals surface area contributed by atoms with Crippen LogP contribution in [0.4, 0.5) is 0 Å². The molecular formula is C22H23N3O3. The first-order chi connectivity index (χ1) is 13.4. The first-order valence-electron chi connectivity index (χ1n) is 9.11. The topological polar surface area (TPSA) is 84.0 Å². The number of amides is 1. The van der Waals surface area contributed by atoms with E-state index in [1.807, 2.05) is 57.2 Å². The number of H-pyrrole nitrogens is 1. The lowest BCUT2D eigenvalue weighted by Gasteiger charge is -2.16. The van der Waals surface area contributed by atoms with Crippen molar-refractivity contribution in [3.8, 4) is 0 Å². The Kier molecular flexibility index (Phi) is 5.59. The molecule has 0 saturated heterocycles. The van der Waals surface area contributed by atoms with Crippen molar-refractivity contribution in [2.75, 3.05) is 0 Å². The number of rotatable bonds is 5. The van der Waals surface area contributed by atoms with Gasteiger partial charge in [0.2, 0.25) is 0 Å². The molecule has 0 spiro atoms. The fourth-order valence-electron chi connectivity index (χ4n) is 3.22. The fraction of sp³-hybridized carbons (Fsp3) is 0.227. The molecule has 0 unspecified atom stereocenters. The highest BCUT2D eigenvalue weighted by Gasteiger charge is 2.13. The maximum Gasteiger partial charge on any atom is 0.253 e. The van der Waals surface area contributed by atoms with Crippen LogP contribution in [-0.4, -0.2) is 15.5 Å². The average molecular weight is 377 g/mol. The summed E-state index contributed by atoms with van der Waals surface area (Å²) in [5, 5.41) is 2.72. The molecule has 0 radical (unpaired) electrons. The van der Waals surface area contributed by atoms with Crippen molar-refractivity contribution in [3.63, 3.8) is 0 Å². The lowest BCUT2D eigenvalue weighted by molar-refractivity contribution is 0.0950. The van der Waals surface area contributed by atoms with Gasteiger partial charge in [-0.1, -0.05) is 30.3 Å². The summed E-state index contributed by atoms with van der Waals surface area (Å²) in [7, 11) is 0. The zero-order chi connectivity index (χ0) is 20.3. The third-order valence-electron chi connectivity index (χ3n) is 4.83. The highest BCUT2D eigenvalue weighted by atomic mass is 16.2. The number of aromatic nitrogens is 2. The van der Waals surface area contributed by atoms with Crippen LogP contribution in [0.3, 0.4) is 0 Å². The minimum Gasteiger partial charge on any atom is -0.348 e. The summed E-state index contributed by atoms with van der Waals surface area (Å²) < 4.78 is 1.58. The molecule has 6 nitrogen and oxygen atoms in total. The second-order valence-electron chi connectivity index (χ2n) is 6.87. The number of nitrogens with zero attached hydrogens (tertiary/aromatic N) is 1. The van der Waals surface area contributed by atoms with Crippen molar-refractivity contribution in [2.24, 2.45) is 0 Å². The molecule has 0 saturated carbocycles. The number of carbonyl (C=O) groups is 1. The second kappa shape index (κ2) is 8.08. The van der Waals surface area contributed by atoms with Crippen molar-refractivity contribution in [1.29, 1.82) is 0 Å². The van der Waals surface area contributed by atoms with E-state index in [1.165, 1.54) is 6.07 Å². The second-order valence-corrected chi connectivity index (χ2v) is 6.87. The molecule has 1 aromatic carbocycles. The molecule has 28 heavy (non-hydrogen) atoms. The Morgan fingerprint density at radius 2 is 1.82 bits per heavy atom. The van der Waals surface area contributed by atoms with Gasteiger partial charge in [0.15, 0.2) is 0 Å². The van der Waals surface area contributed by atoms with Crippen LogP contribution >= 0.6 is 0 Å². The monoisotopic (exact) mass is 377 g/mol. The number of hydrogen-bond acceptors (Lipinski definition) is 3. The zero-order valence-corrected chi connectivity index (χ0v) is 16.2. The quantitative estimate of drug-likeness (QED) is 0.717. The van der Waals surface area contributed by atoms with Crippen molar-refractivity contribution in [2.45, 2.75) is 33.4 Å². The van der Waals surface area contributed by atoms with Gasteiger partial charge in [0.05, 0.1) is 6.04 Å². The number of aryl methyl sites for hydroxylation is 2. The van der Waals surface area contributed by atoms with Gasteiger partial charge in [-0.05, 0) is 44.0 Å². The molecule has 2 heterocycles. The molecule has 0 fully saturated rings. The van der Waals surface area contributed by atoms with Crippen molar-refractivity contribution in [1.82, 2.24) is 14.9 Å². The van der Waals surface area contributed by atoms with E-state index in [-0.39, 0.29) is 29.3 Å². The number of nitrogens with one attached hydrogen (secondary N) is 2. The number of pyridine rings is 2. The fourth-order valence-corrected chi connectivity index (χ4v) is 3.22. The normalized spacial score (nSPS) is 11.8. The summed E-state index contributed by atoms with van der Waals surface area (Å²) in [5.74, 6) is -0.393. The molecular weight excluding hydrogens is 354 g/mol. The van der Waals surface area contributed by atoms with Crippen LogP contribution in [0.2, 0.25) is 0 Å². The summed E-state index contributed by atoms with van der Waals surface area (Å²) in [5.41, 5.74) is 2.89. The largest absolute Gasteiger partial charge is 0.348 e. The minimum atomic E-state index is -0.393. The molecule has 0 aliphatic rings. The molecule has 1 amide bonds. The molecule has 0 aliphatic heterocycles. The van der Waals surface area contributed by atoms with E-state index >= 15 is 0 Å². The first kappa shape index (κ1) is 19.4. The third kappa shape index (κ3) is 4.11. The average Bonchev–Trinajstić information content (AvgIpc) is 2.67. The van der Waals surface area contributed by atoms with E-state index in [0.717, 1.165) is 16.8 Å². The summed E-state index contributed by atoms with van der Waals surface area (Å²) in [6, 6.07) is 14.3. The molecule has 0 aliphatic carbocycles.